The summed E-state index contributed by atoms with van der Waals surface area (Å²) in [5.41, 5.74) is 0.525. The summed E-state index contributed by atoms with van der Waals surface area (Å²) >= 11 is 0. The van der Waals surface area contributed by atoms with Gasteiger partial charge in [-0.25, -0.2) is 0 Å². The quantitative estimate of drug-likeness (QED) is 0.824. The van der Waals surface area contributed by atoms with E-state index in [1.54, 1.807) is 0 Å². The summed E-state index contributed by atoms with van der Waals surface area (Å²) < 4.78 is 0. The smallest absolute Gasteiger partial charge is 0.00135 e. The first-order valence-electron chi connectivity index (χ1n) is 8.92. The molecule has 0 aromatic rings. The lowest BCUT2D eigenvalue weighted by Gasteiger charge is -2.40. The van der Waals surface area contributed by atoms with Gasteiger partial charge in [0.2, 0.25) is 0 Å². The number of nitrogens with zero attached hydrogens (tertiary/aromatic N) is 1. The van der Waals surface area contributed by atoms with Crippen molar-refractivity contribution in [1.82, 2.24) is 10.2 Å². The molecule has 0 aliphatic carbocycles. The zero-order valence-corrected chi connectivity index (χ0v) is 14.3. The van der Waals surface area contributed by atoms with E-state index in [-0.39, 0.29) is 0 Å². The van der Waals surface area contributed by atoms with E-state index in [1.807, 2.05) is 0 Å². The minimum Gasteiger partial charge on any atom is -0.317 e. The third-order valence-electron chi connectivity index (χ3n) is 6.09. The van der Waals surface area contributed by atoms with E-state index in [0.717, 1.165) is 17.8 Å². The zero-order chi connectivity index (χ0) is 14.6. The maximum absolute atomic E-state index is 3.50. The van der Waals surface area contributed by atoms with Gasteiger partial charge in [-0.3, -0.25) is 0 Å². The second-order valence-corrected chi connectivity index (χ2v) is 8.19. The minimum absolute atomic E-state index is 0.525. The Labute approximate surface area is 126 Å². The number of nitrogens with one attached hydrogen (secondary N) is 1. The molecule has 0 aromatic heterocycles. The molecule has 1 N–H and O–H groups in total. The molecule has 2 heterocycles. The molecule has 0 unspecified atom stereocenters. The molecule has 2 rings (SSSR count). The van der Waals surface area contributed by atoms with E-state index in [4.69, 9.17) is 0 Å². The molecular weight excluding hydrogens is 244 g/mol. The van der Waals surface area contributed by atoms with E-state index >= 15 is 0 Å². The lowest BCUT2D eigenvalue weighted by atomic mass is 9.72. The van der Waals surface area contributed by atoms with Gasteiger partial charge in [-0.05, 0) is 88.0 Å². The third kappa shape index (κ3) is 4.46. The molecule has 0 amide bonds. The van der Waals surface area contributed by atoms with Crippen molar-refractivity contribution in [2.45, 2.75) is 59.8 Å². The van der Waals surface area contributed by atoms with Gasteiger partial charge in [-0.15, -0.1) is 0 Å². The highest BCUT2D eigenvalue weighted by molar-refractivity contribution is 4.84. The van der Waals surface area contributed by atoms with Gasteiger partial charge < -0.3 is 10.2 Å². The van der Waals surface area contributed by atoms with Gasteiger partial charge >= 0.3 is 0 Å². The Morgan fingerprint density at radius 1 is 1.05 bits per heavy atom. The van der Waals surface area contributed by atoms with Gasteiger partial charge in [0.05, 0.1) is 0 Å². The third-order valence-corrected chi connectivity index (χ3v) is 6.09. The highest BCUT2D eigenvalue weighted by atomic mass is 15.1. The van der Waals surface area contributed by atoms with Crippen LogP contribution in [-0.2, 0) is 0 Å². The molecule has 2 saturated heterocycles. The summed E-state index contributed by atoms with van der Waals surface area (Å²) in [5, 5.41) is 3.50. The maximum atomic E-state index is 3.50. The predicted molar refractivity (Wildman–Crippen MR) is 88.0 cm³/mol. The summed E-state index contributed by atoms with van der Waals surface area (Å²) in [6.07, 6.45) is 6.98. The summed E-state index contributed by atoms with van der Waals surface area (Å²) in [4.78, 5) is 2.72. The van der Waals surface area contributed by atoms with Crippen LogP contribution in [-0.4, -0.2) is 37.6 Å². The maximum Gasteiger partial charge on any atom is -0.00135 e. The SMILES string of the molecule is CC(C)C1CCN(CCC(C)(C)C2CCNCC2)CC1. The van der Waals surface area contributed by atoms with Crippen LogP contribution in [0.1, 0.15) is 59.8 Å². The Bertz CT molecular complexity index is 271. The molecule has 2 heteroatoms. The first-order chi connectivity index (χ1) is 9.49. The van der Waals surface area contributed by atoms with Gasteiger partial charge in [0.15, 0.2) is 0 Å². The van der Waals surface area contributed by atoms with Crippen LogP contribution >= 0.6 is 0 Å². The summed E-state index contributed by atoms with van der Waals surface area (Å²) in [7, 11) is 0. The van der Waals surface area contributed by atoms with Crippen molar-refractivity contribution in [1.29, 1.82) is 0 Å². The van der Waals surface area contributed by atoms with Crippen molar-refractivity contribution in [3.8, 4) is 0 Å². The molecule has 0 bridgehead atoms. The summed E-state index contributed by atoms with van der Waals surface area (Å²) in [6, 6.07) is 0. The molecule has 20 heavy (non-hydrogen) atoms. The Kier molecular flexibility index (Phi) is 5.92. The minimum atomic E-state index is 0.525. The van der Waals surface area contributed by atoms with Crippen LogP contribution in [0.2, 0.25) is 0 Å². The van der Waals surface area contributed by atoms with Gasteiger partial charge in [0.25, 0.3) is 0 Å². The van der Waals surface area contributed by atoms with E-state index in [9.17, 15) is 0 Å². The Hall–Kier alpha value is -0.0800. The molecule has 2 aliphatic rings. The van der Waals surface area contributed by atoms with Gasteiger partial charge in [-0.1, -0.05) is 27.7 Å². The van der Waals surface area contributed by atoms with Crippen molar-refractivity contribution in [2.24, 2.45) is 23.2 Å². The molecule has 2 nitrogen and oxygen atoms in total. The van der Waals surface area contributed by atoms with Crippen LogP contribution in [0.15, 0.2) is 0 Å². The van der Waals surface area contributed by atoms with Crippen LogP contribution in [0.3, 0.4) is 0 Å². The largest absolute Gasteiger partial charge is 0.317 e. The summed E-state index contributed by atoms with van der Waals surface area (Å²) in [5.74, 6) is 2.78. The van der Waals surface area contributed by atoms with Crippen LogP contribution < -0.4 is 5.32 Å². The second kappa shape index (κ2) is 7.26. The molecule has 0 spiro atoms. The highest BCUT2D eigenvalue weighted by Crippen LogP contribution is 2.37. The van der Waals surface area contributed by atoms with Crippen molar-refractivity contribution in [2.75, 3.05) is 32.7 Å². The molecule has 0 saturated carbocycles. The molecule has 2 aliphatic heterocycles. The molecule has 0 atom stereocenters. The second-order valence-electron chi connectivity index (χ2n) is 8.19. The number of hydrogen-bond donors (Lipinski definition) is 1. The Morgan fingerprint density at radius 2 is 1.65 bits per heavy atom. The van der Waals surface area contributed by atoms with Crippen molar-refractivity contribution >= 4 is 0 Å². The van der Waals surface area contributed by atoms with Gasteiger partial charge in [-0.2, -0.15) is 0 Å². The van der Waals surface area contributed by atoms with Crippen LogP contribution in [0.25, 0.3) is 0 Å². The highest BCUT2D eigenvalue weighted by Gasteiger charge is 2.31. The molecule has 0 aromatic carbocycles. The molecule has 2 fully saturated rings. The molecular formula is C18H36N2. The normalized spacial score (nSPS) is 24.4. The van der Waals surface area contributed by atoms with Gasteiger partial charge in [0, 0.05) is 0 Å². The fraction of sp³-hybridized carbons (Fsp3) is 1.00. The fourth-order valence-corrected chi connectivity index (χ4v) is 4.10. The molecule has 118 valence electrons. The van der Waals surface area contributed by atoms with Crippen LogP contribution in [0, 0.1) is 23.2 Å². The number of hydrogen-bond acceptors (Lipinski definition) is 2. The zero-order valence-electron chi connectivity index (χ0n) is 14.3. The first kappa shape index (κ1) is 16.3. The molecule has 0 radical (unpaired) electrons. The lowest BCUT2D eigenvalue weighted by Crippen LogP contribution is -2.40. The average molecular weight is 281 g/mol. The standard InChI is InChI=1S/C18H36N2/c1-15(2)16-7-12-20(13-8-16)14-9-18(3,4)17-5-10-19-11-6-17/h15-17,19H,5-14H2,1-4H3. The van der Waals surface area contributed by atoms with Gasteiger partial charge in [0.1, 0.15) is 0 Å². The monoisotopic (exact) mass is 280 g/mol. The van der Waals surface area contributed by atoms with E-state index in [2.05, 4.69) is 37.9 Å². The van der Waals surface area contributed by atoms with Crippen molar-refractivity contribution in [3.05, 3.63) is 0 Å². The topological polar surface area (TPSA) is 15.3 Å². The number of likely N-dealkylation sites (tertiary alicyclic amines) is 1. The lowest BCUT2D eigenvalue weighted by molar-refractivity contribution is 0.104. The Morgan fingerprint density at radius 3 is 2.20 bits per heavy atom. The number of rotatable bonds is 5. The summed E-state index contributed by atoms with van der Waals surface area (Å²) in [6.45, 7) is 16.2. The fourth-order valence-electron chi connectivity index (χ4n) is 4.10. The first-order valence-corrected chi connectivity index (χ1v) is 8.92. The van der Waals surface area contributed by atoms with Crippen molar-refractivity contribution < 1.29 is 0 Å². The number of piperidine rings is 2. The van der Waals surface area contributed by atoms with E-state index in [0.29, 0.717) is 5.41 Å². The average Bonchev–Trinajstić information content (AvgIpc) is 2.46. The van der Waals surface area contributed by atoms with Crippen molar-refractivity contribution in [3.63, 3.8) is 0 Å². The van der Waals surface area contributed by atoms with E-state index in [1.165, 1.54) is 64.8 Å². The van der Waals surface area contributed by atoms with E-state index < -0.39 is 0 Å². The van der Waals surface area contributed by atoms with Crippen LogP contribution in [0.4, 0.5) is 0 Å². The predicted octanol–water partition coefficient (Wildman–Crippen LogP) is 3.77. The van der Waals surface area contributed by atoms with Crippen LogP contribution in [0.5, 0.6) is 0 Å². The Balaban J connectivity index is 1.72.